The van der Waals surface area contributed by atoms with Gasteiger partial charge in [-0.25, -0.2) is 13.2 Å². The molecule has 0 saturated carbocycles. The van der Waals surface area contributed by atoms with E-state index in [1.54, 1.807) is 42.2 Å². The van der Waals surface area contributed by atoms with E-state index in [1.165, 1.54) is 16.4 Å². The van der Waals surface area contributed by atoms with E-state index in [2.05, 4.69) is 10.6 Å². The topological polar surface area (TPSA) is 108 Å². The van der Waals surface area contributed by atoms with Crippen LogP contribution in [0, 0.1) is 6.92 Å². The molecule has 9 nitrogen and oxygen atoms in total. The number of amides is 3. The monoisotopic (exact) mass is 472 g/mol. The van der Waals surface area contributed by atoms with Crippen LogP contribution in [0.4, 0.5) is 16.2 Å². The van der Waals surface area contributed by atoms with Crippen LogP contribution < -0.4 is 10.6 Å². The number of benzene rings is 2. The predicted octanol–water partition coefficient (Wildman–Crippen LogP) is 2.90. The number of carbonyl (C=O) groups is 2. The summed E-state index contributed by atoms with van der Waals surface area (Å²) in [6, 6.07) is 11.3. The molecule has 4 rings (SSSR count). The van der Waals surface area contributed by atoms with Crippen molar-refractivity contribution in [2.24, 2.45) is 0 Å². The van der Waals surface area contributed by atoms with Crippen molar-refractivity contribution in [3.63, 3.8) is 0 Å². The quantitative estimate of drug-likeness (QED) is 0.696. The molecule has 33 heavy (non-hydrogen) atoms. The van der Waals surface area contributed by atoms with Gasteiger partial charge in [-0.3, -0.25) is 4.79 Å². The zero-order chi connectivity index (χ0) is 23.4. The second kappa shape index (κ2) is 9.90. The summed E-state index contributed by atoms with van der Waals surface area (Å²) in [6.45, 7) is 4.43. The second-order valence-electron chi connectivity index (χ2n) is 8.12. The van der Waals surface area contributed by atoms with E-state index in [9.17, 15) is 18.0 Å². The van der Waals surface area contributed by atoms with Gasteiger partial charge in [0.15, 0.2) is 0 Å². The minimum absolute atomic E-state index is 0.0655. The average molecular weight is 473 g/mol. The fourth-order valence-electron chi connectivity index (χ4n) is 3.95. The number of nitrogens with one attached hydrogen (secondary N) is 2. The number of carbonyl (C=O) groups excluding carboxylic acids is 2. The van der Waals surface area contributed by atoms with Crippen molar-refractivity contribution in [2.45, 2.75) is 24.7 Å². The molecule has 176 valence electrons. The summed E-state index contributed by atoms with van der Waals surface area (Å²) in [5.74, 6) is -0.450. The van der Waals surface area contributed by atoms with Gasteiger partial charge in [0.1, 0.15) is 0 Å². The Balaban J connectivity index is 1.54. The first kappa shape index (κ1) is 23.2. The van der Waals surface area contributed by atoms with Gasteiger partial charge in [0.2, 0.25) is 10.0 Å². The molecule has 10 heteroatoms. The summed E-state index contributed by atoms with van der Waals surface area (Å²) >= 11 is 0. The normalized spacial score (nSPS) is 17.1. The van der Waals surface area contributed by atoms with Crippen molar-refractivity contribution < 1.29 is 22.7 Å². The fraction of sp³-hybridized carbons (Fsp3) is 0.391. The number of aryl methyl sites for hydroxylation is 1. The van der Waals surface area contributed by atoms with Gasteiger partial charge in [0.25, 0.3) is 5.91 Å². The Morgan fingerprint density at radius 2 is 1.55 bits per heavy atom. The molecule has 2 saturated heterocycles. The molecule has 2 heterocycles. The molecular weight excluding hydrogens is 444 g/mol. The minimum atomic E-state index is -3.73. The molecule has 2 aromatic rings. The van der Waals surface area contributed by atoms with Gasteiger partial charge < -0.3 is 20.3 Å². The van der Waals surface area contributed by atoms with Crippen molar-refractivity contribution in [1.29, 1.82) is 0 Å². The van der Waals surface area contributed by atoms with Gasteiger partial charge in [0.05, 0.1) is 29.5 Å². The van der Waals surface area contributed by atoms with E-state index in [-0.39, 0.29) is 29.6 Å². The van der Waals surface area contributed by atoms with Crippen LogP contribution in [0.25, 0.3) is 0 Å². The van der Waals surface area contributed by atoms with E-state index >= 15 is 0 Å². The lowest BCUT2D eigenvalue weighted by Crippen LogP contribution is -2.40. The Kier molecular flexibility index (Phi) is 6.96. The molecule has 0 bridgehead atoms. The Morgan fingerprint density at radius 3 is 2.21 bits per heavy atom. The Hall–Kier alpha value is -2.95. The summed E-state index contributed by atoms with van der Waals surface area (Å²) in [4.78, 5) is 27.4. The van der Waals surface area contributed by atoms with Crippen molar-refractivity contribution in [1.82, 2.24) is 9.21 Å². The van der Waals surface area contributed by atoms with Crippen LogP contribution in [0.15, 0.2) is 47.4 Å². The lowest BCUT2D eigenvalue weighted by molar-refractivity contribution is 0.0730. The molecule has 0 spiro atoms. The molecule has 0 atom stereocenters. The Bertz CT molecular complexity index is 1140. The summed E-state index contributed by atoms with van der Waals surface area (Å²) in [7, 11) is -3.73. The van der Waals surface area contributed by atoms with Crippen LogP contribution in [0.2, 0.25) is 0 Å². The van der Waals surface area contributed by atoms with Gasteiger partial charge >= 0.3 is 6.03 Å². The van der Waals surface area contributed by atoms with E-state index in [1.807, 2.05) is 0 Å². The van der Waals surface area contributed by atoms with Gasteiger partial charge in [-0.1, -0.05) is 18.2 Å². The zero-order valence-electron chi connectivity index (χ0n) is 18.5. The number of ether oxygens (including phenoxy) is 1. The molecular formula is C23H28N4O5S. The predicted molar refractivity (Wildman–Crippen MR) is 125 cm³/mol. The van der Waals surface area contributed by atoms with Crippen molar-refractivity contribution in [2.75, 3.05) is 50.0 Å². The number of morpholine rings is 1. The summed E-state index contributed by atoms with van der Waals surface area (Å²) in [5, 5.41) is 5.68. The van der Waals surface area contributed by atoms with Crippen LogP contribution in [0.1, 0.15) is 28.8 Å². The lowest BCUT2D eigenvalue weighted by atomic mass is 10.1. The highest BCUT2D eigenvalue weighted by atomic mass is 32.2. The van der Waals surface area contributed by atoms with Crippen LogP contribution in [-0.2, 0) is 14.8 Å². The number of hydrogen-bond acceptors (Lipinski definition) is 5. The molecule has 2 aliphatic rings. The van der Waals surface area contributed by atoms with Crippen LogP contribution in [-0.4, -0.2) is 69.0 Å². The van der Waals surface area contributed by atoms with Crippen molar-refractivity contribution in [3.8, 4) is 0 Å². The third-order valence-corrected chi connectivity index (χ3v) is 7.77. The second-order valence-corrected chi connectivity index (χ2v) is 10.1. The van der Waals surface area contributed by atoms with Gasteiger partial charge in [-0.15, -0.1) is 0 Å². The maximum Gasteiger partial charge on any atom is 0.321 e. The highest BCUT2D eigenvalue weighted by molar-refractivity contribution is 7.89. The molecule has 2 aliphatic heterocycles. The number of urea groups is 1. The number of nitrogens with zero attached hydrogens (tertiary/aromatic N) is 2. The first-order chi connectivity index (χ1) is 15.9. The van der Waals surface area contributed by atoms with Crippen LogP contribution >= 0.6 is 0 Å². The number of hydrogen-bond donors (Lipinski definition) is 2. The zero-order valence-corrected chi connectivity index (χ0v) is 19.4. The number of likely N-dealkylation sites (tertiary alicyclic amines) is 1. The first-order valence-corrected chi connectivity index (χ1v) is 12.4. The molecule has 2 fully saturated rings. The molecule has 0 aromatic heterocycles. The molecule has 3 amide bonds. The van der Waals surface area contributed by atoms with E-state index in [0.717, 1.165) is 12.8 Å². The maximum atomic E-state index is 13.1. The van der Waals surface area contributed by atoms with Gasteiger partial charge in [0, 0.05) is 31.7 Å². The number of para-hydroxylation sites is 2. The fourth-order valence-corrected chi connectivity index (χ4v) is 5.38. The van der Waals surface area contributed by atoms with E-state index in [0.29, 0.717) is 43.2 Å². The third-order valence-electron chi connectivity index (χ3n) is 5.87. The maximum absolute atomic E-state index is 13.1. The Labute approximate surface area is 193 Å². The highest BCUT2D eigenvalue weighted by Gasteiger charge is 2.27. The molecule has 2 N–H and O–H groups in total. The van der Waals surface area contributed by atoms with Crippen molar-refractivity contribution in [3.05, 3.63) is 53.6 Å². The summed E-state index contributed by atoms with van der Waals surface area (Å²) in [6.07, 6.45) is 1.96. The standard InChI is InChI=1S/C23H28N4O5S/c1-17-8-9-18(33(30,31)27-12-14-32-15-13-27)16-19(17)22(28)24-20-6-2-3-7-21(20)25-23(29)26-10-4-5-11-26/h2-3,6-9,16H,4-5,10-15H2,1H3,(H,24,28)(H,25,29). The smallest absolute Gasteiger partial charge is 0.321 e. The first-order valence-electron chi connectivity index (χ1n) is 11.0. The average Bonchev–Trinajstić information content (AvgIpc) is 3.36. The summed E-state index contributed by atoms with van der Waals surface area (Å²) < 4.78 is 32.7. The van der Waals surface area contributed by atoms with Gasteiger partial charge in [-0.05, 0) is 49.6 Å². The molecule has 0 aliphatic carbocycles. The largest absolute Gasteiger partial charge is 0.379 e. The molecule has 0 radical (unpaired) electrons. The van der Waals surface area contributed by atoms with Crippen LogP contribution in [0.5, 0.6) is 0 Å². The van der Waals surface area contributed by atoms with Crippen molar-refractivity contribution >= 4 is 33.3 Å². The van der Waals surface area contributed by atoms with Gasteiger partial charge in [-0.2, -0.15) is 4.31 Å². The number of anilines is 2. The van der Waals surface area contributed by atoms with E-state index in [4.69, 9.17) is 4.74 Å². The highest BCUT2D eigenvalue weighted by Crippen LogP contribution is 2.25. The van der Waals surface area contributed by atoms with Crippen LogP contribution in [0.3, 0.4) is 0 Å². The third kappa shape index (κ3) is 5.18. The summed E-state index contributed by atoms with van der Waals surface area (Å²) in [5.41, 5.74) is 1.82. The van der Waals surface area contributed by atoms with E-state index < -0.39 is 15.9 Å². The minimum Gasteiger partial charge on any atom is -0.379 e. The number of sulfonamides is 1. The SMILES string of the molecule is Cc1ccc(S(=O)(=O)N2CCOCC2)cc1C(=O)Nc1ccccc1NC(=O)N1CCCC1. The lowest BCUT2D eigenvalue weighted by Gasteiger charge is -2.26. The number of rotatable bonds is 5. The molecule has 0 unspecified atom stereocenters. The molecule has 2 aromatic carbocycles. The Morgan fingerprint density at radius 1 is 0.909 bits per heavy atom.